The van der Waals surface area contributed by atoms with E-state index >= 15 is 0 Å². The first-order valence-corrected chi connectivity index (χ1v) is 6.67. The Bertz CT molecular complexity index is 681. The smallest absolute Gasteiger partial charge is 0.328 e. The summed E-state index contributed by atoms with van der Waals surface area (Å²) in [5, 5.41) is 0.466. The van der Waals surface area contributed by atoms with Crippen molar-refractivity contribution >= 4 is 32.8 Å². The van der Waals surface area contributed by atoms with Crippen molar-refractivity contribution in [2.45, 2.75) is 19.9 Å². The molecule has 19 heavy (non-hydrogen) atoms. The summed E-state index contributed by atoms with van der Waals surface area (Å²) >= 11 is 3.31. The van der Waals surface area contributed by atoms with Crippen LogP contribution in [0.25, 0.3) is 10.9 Å². The van der Waals surface area contributed by atoms with E-state index in [1.54, 1.807) is 26.0 Å². The Kier molecular flexibility index (Phi) is 3.99. The average Bonchev–Trinajstić information content (AvgIpc) is 2.39. The van der Waals surface area contributed by atoms with Gasteiger partial charge in [-0.1, -0.05) is 15.9 Å². The molecule has 0 saturated heterocycles. The molecule has 0 aliphatic heterocycles. The van der Waals surface area contributed by atoms with Crippen molar-refractivity contribution < 1.29 is 9.53 Å². The van der Waals surface area contributed by atoms with Crippen LogP contribution >= 0.6 is 15.9 Å². The summed E-state index contributed by atoms with van der Waals surface area (Å²) in [6, 6.07) is 4.57. The number of carbonyl (C=O) groups is 1. The summed E-state index contributed by atoms with van der Waals surface area (Å²) in [4.78, 5) is 28.2. The van der Waals surface area contributed by atoms with Crippen LogP contribution in [0.15, 0.2) is 33.8 Å². The van der Waals surface area contributed by atoms with Crippen molar-refractivity contribution in [3.05, 3.63) is 39.4 Å². The lowest BCUT2D eigenvalue weighted by Gasteiger charge is -2.13. The highest BCUT2D eigenvalue weighted by molar-refractivity contribution is 9.10. The van der Waals surface area contributed by atoms with Crippen molar-refractivity contribution in [3.8, 4) is 0 Å². The third-order valence-corrected chi connectivity index (χ3v) is 3.28. The molecule has 1 unspecified atom stereocenters. The SMILES string of the molecule is CCOC(=O)C(C)n1cnc2ccc(Br)cc2c1=O. The zero-order valence-corrected chi connectivity index (χ0v) is 12.2. The van der Waals surface area contributed by atoms with Gasteiger partial charge in [0, 0.05) is 4.47 Å². The molecule has 6 heteroatoms. The van der Waals surface area contributed by atoms with E-state index in [4.69, 9.17) is 4.74 Å². The minimum absolute atomic E-state index is 0.258. The van der Waals surface area contributed by atoms with Crippen LogP contribution in [0.5, 0.6) is 0 Å². The van der Waals surface area contributed by atoms with Gasteiger partial charge in [-0.15, -0.1) is 0 Å². The fourth-order valence-corrected chi connectivity index (χ4v) is 2.12. The first-order chi connectivity index (χ1) is 9.04. The number of fused-ring (bicyclic) bond motifs is 1. The molecule has 0 saturated carbocycles. The number of benzene rings is 1. The maximum absolute atomic E-state index is 12.3. The fourth-order valence-electron chi connectivity index (χ4n) is 1.76. The molecule has 2 aromatic rings. The summed E-state index contributed by atoms with van der Waals surface area (Å²) in [7, 11) is 0. The van der Waals surface area contributed by atoms with Gasteiger partial charge in [0.2, 0.25) is 0 Å². The quantitative estimate of drug-likeness (QED) is 0.813. The number of ether oxygens (including phenoxy) is 1. The third-order valence-electron chi connectivity index (χ3n) is 2.79. The van der Waals surface area contributed by atoms with Crippen molar-refractivity contribution in [2.75, 3.05) is 6.61 Å². The van der Waals surface area contributed by atoms with Gasteiger partial charge in [0.1, 0.15) is 6.04 Å². The molecule has 1 aromatic carbocycles. The average molecular weight is 325 g/mol. The summed E-state index contributed by atoms with van der Waals surface area (Å²) < 4.78 is 6.99. The van der Waals surface area contributed by atoms with Gasteiger partial charge in [-0.05, 0) is 32.0 Å². The molecular formula is C13H13BrN2O3. The van der Waals surface area contributed by atoms with Crippen LogP contribution in [-0.2, 0) is 9.53 Å². The minimum atomic E-state index is -0.691. The maximum atomic E-state index is 12.3. The molecule has 0 spiro atoms. The maximum Gasteiger partial charge on any atom is 0.328 e. The van der Waals surface area contributed by atoms with Gasteiger partial charge in [-0.25, -0.2) is 9.78 Å². The number of carbonyl (C=O) groups excluding carboxylic acids is 1. The lowest BCUT2D eigenvalue weighted by molar-refractivity contribution is -0.146. The zero-order chi connectivity index (χ0) is 14.0. The number of nitrogens with zero attached hydrogens (tertiary/aromatic N) is 2. The number of hydrogen-bond donors (Lipinski definition) is 0. The summed E-state index contributed by atoms with van der Waals surface area (Å²) in [5.41, 5.74) is 0.340. The molecule has 100 valence electrons. The van der Waals surface area contributed by atoms with Gasteiger partial charge in [0.25, 0.3) is 5.56 Å². The summed E-state index contributed by atoms with van der Waals surface area (Å²) in [6.45, 7) is 3.62. The Morgan fingerprint density at radius 1 is 1.53 bits per heavy atom. The molecular weight excluding hydrogens is 312 g/mol. The lowest BCUT2D eigenvalue weighted by Crippen LogP contribution is -2.29. The highest BCUT2D eigenvalue weighted by atomic mass is 79.9. The number of aromatic nitrogens is 2. The van der Waals surface area contributed by atoms with Gasteiger partial charge in [-0.3, -0.25) is 9.36 Å². The second-order valence-electron chi connectivity index (χ2n) is 4.05. The lowest BCUT2D eigenvalue weighted by atomic mass is 10.2. The molecule has 1 heterocycles. The molecule has 1 atom stereocenters. The summed E-state index contributed by atoms with van der Waals surface area (Å²) in [5.74, 6) is -0.444. The largest absolute Gasteiger partial charge is 0.464 e. The number of esters is 1. The van der Waals surface area contributed by atoms with E-state index in [1.807, 2.05) is 6.07 Å². The van der Waals surface area contributed by atoms with Crippen molar-refractivity contribution in [1.29, 1.82) is 0 Å². The monoisotopic (exact) mass is 324 g/mol. The predicted molar refractivity (Wildman–Crippen MR) is 75.0 cm³/mol. The Hall–Kier alpha value is -1.69. The minimum Gasteiger partial charge on any atom is -0.464 e. The van der Waals surface area contributed by atoms with E-state index in [-0.39, 0.29) is 12.2 Å². The number of halogens is 1. The molecule has 0 aliphatic carbocycles. The molecule has 2 rings (SSSR count). The Balaban J connectivity index is 2.53. The van der Waals surface area contributed by atoms with Crippen LogP contribution in [-0.4, -0.2) is 22.1 Å². The van der Waals surface area contributed by atoms with Crippen LogP contribution in [0.2, 0.25) is 0 Å². The number of hydrogen-bond acceptors (Lipinski definition) is 4. The van der Waals surface area contributed by atoms with Gasteiger partial charge in [0.15, 0.2) is 0 Å². The third kappa shape index (κ3) is 2.68. The first kappa shape index (κ1) is 13.7. The molecule has 0 bridgehead atoms. The Morgan fingerprint density at radius 3 is 2.95 bits per heavy atom. The fraction of sp³-hybridized carbons (Fsp3) is 0.308. The van der Waals surface area contributed by atoms with E-state index in [9.17, 15) is 9.59 Å². The van der Waals surface area contributed by atoms with Crippen molar-refractivity contribution in [3.63, 3.8) is 0 Å². The van der Waals surface area contributed by atoms with Crippen LogP contribution in [0, 0.1) is 0 Å². The van der Waals surface area contributed by atoms with Crippen LogP contribution in [0.4, 0.5) is 0 Å². The van der Waals surface area contributed by atoms with Crippen LogP contribution < -0.4 is 5.56 Å². The summed E-state index contributed by atoms with van der Waals surface area (Å²) in [6.07, 6.45) is 1.38. The topological polar surface area (TPSA) is 61.2 Å². The van der Waals surface area contributed by atoms with Crippen molar-refractivity contribution in [2.24, 2.45) is 0 Å². The second kappa shape index (κ2) is 5.52. The van der Waals surface area contributed by atoms with Gasteiger partial charge in [0.05, 0.1) is 23.8 Å². The van der Waals surface area contributed by atoms with E-state index in [1.165, 1.54) is 10.9 Å². The van der Waals surface area contributed by atoms with Gasteiger partial charge >= 0.3 is 5.97 Å². The highest BCUT2D eigenvalue weighted by Crippen LogP contribution is 2.16. The van der Waals surface area contributed by atoms with E-state index in [0.717, 1.165) is 4.47 Å². The van der Waals surface area contributed by atoms with Crippen molar-refractivity contribution in [1.82, 2.24) is 9.55 Å². The Labute approximate surface area is 118 Å². The number of rotatable bonds is 3. The molecule has 1 aromatic heterocycles. The first-order valence-electron chi connectivity index (χ1n) is 5.87. The molecule has 5 nitrogen and oxygen atoms in total. The molecule has 0 N–H and O–H groups in total. The standard InChI is InChI=1S/C13H13BrN2O3/c1-3-19-13(18)8(2)16-7-15-11-5-4-9(14)6-10(11)12(16)17/h4-8H,3H2,1-2H3. The molecule has 0 aliphatic rings. The van der Waals surface area contributed by atoms with E-state index in [2.05, 4.69) is 20.9 Å². The van der Waals surface area contributed by atoms with E-state index in [0.29, 0.717) is 10.9 Å². The normalized spacial score (nSPS) is 12.4. The zero-order valence-electron chi connectivity index (χ0n) is 10.6. The highest BCUT2D eigenvalue weighted by Gasteiger charge is 2.18. The van der Waals surface area contributed by atoms with Gasteiger partial charge < -0.3 is 4.74 Å². The predicted octanol–water partition coefficient (Wildman–Crippen LogP) is 2.28. The van der Waals surface area contributed by atoms with Crippen LogP contribution in [0.3, 0.4) is 0 Å². The van der Waals surface area contributed by atoms with E-state index < -0.39 is 12.0 Å². The van der Waals surface area contributed by atoms with Gasteiger partial charge in [-0.2, -0.15) is 0 Å². The Morgan fingerprint density at radius 2 is 2.26 bits per heavy atom. The van der Waals surface area contributed by atoms with Crippen LogP contribution in [0.1, 0.15) is 19.9 Å². The molecule has 0 fully saturated rings. The molecule has 0 amide bonds. The molecule has 0 radical (unpaired) electrons. The second-order valence-corrected chi connectivity index (χ2v) is 4.96.